The number of thioether (sulfide) groups is 1. The number of rotatable bonds is 2. The Bertz CT molecular complexity index is 692. The second kappa shape index (κ2) is 6.54. The molecule has 3 rings (SSSR count). The van der Waals surface area contributed by atoms with Crippen LogP contribution in [-0.2, 0) is 9.59 Å². The van der Waals surface area contributed by atoms with Crippen molar-refractivity contribution in [3.63, 3.8) is 0 Å². The fourth-order valence-corrected chi connectivity index (χ4v) is 3.56. The Morgan fingerprint density at radius 2 is 1.96 bits per heavy atom. The number of primary amides is 1. The summed E-state index contributed by atoms with van der Waals surface area (Å²) in [6.45, 7) is 1.33. The van der Waals surface area contributed by atoms with E-state index in [1.807, 2.05) is 4.90 Å². The van der Waals surface area contributed by atoms with Crippen molar-refractivity contribution >= 4 is 34.8 Å². The van der Waals surface area contributed by atoms with Crippen molar-refractivity contribution in [3.8, 4) is 0 Å². The molecule has 0 aliphatic carbocycles. The molecule has 1 fully saturated rings. The van der Waals surface area contributed by atoms with E-state index in [9.17, 15) is 14.0 Å². The van der Waals surface area contributed by atoms with Crippen molar-refractivity contribution in [2.75, 3.05) is 13.1 Å². The van der Waals surface area contributed by atoms with Gasteiger partial charge in [-0.05, 0) is 48.4 Å². The molecule has 0 unspecified atom stereocenters. The molecular formula is C16H16FN3O2S. The molecule has 0 atom stereocenters. The number of benzene rings is 1. The summed E-state index contributed by atoms with van der Waals surface area (Å²) >= 11 is 1.31. The number of hydrogen-bond donors (Lipinski definition) is 1. The van der Waals surface area contributed by atoms with Gasteiger partial charge in [-0.2, -0.15) is 4.99 Å². The van der Waals surface area contributed by atoms with Crippen LogP contribution in [0.15, 0.2) is 34.2 Å². The SMILES string of the molecule is NC(=O)C1CCN(C2=NC(=O)/C(=C/c3ccc(F)cc3)S2)CC1. The topological polar surface area (TPSA) is 75.8 Å². The summed E-state index contributed by atoms with van der Waals surface area (Å²) in [7, 11) is 0. The van der Waals surface area contributed by atoms with Crippen LogP contribution in [-0.4, -0.2) is 35.0 Å². The molecule has 0 saturated carbocycles. The van der Waals surface area contributed by atoms with Gasteiger partial charge in [0.05, 0.1) is 4.91 Å². The van der Waals surface area contributed by atoms with Crippen LogP contribution in [0.5, 0.6) is 0 Å². The lowest BCUT2D eigenvalue weighted by Gasteiger charge is -2.31. The van der Waals surface area contributed by atoms with Gasteiger partial charge in [0.25, 0.3) is 5.91 Å². The van der Waals surface area contributed by atoms with Crippen LogP contribution in [0.25, 0.3) is 6.08 Å². The Balaban J connectivity index is 1.66. The van der Waals surface area contributed by atoms with Crippen molar-refractivity contribution < 1.29 is 14.0 Å². The third-order valence-corrected chi connectivity index (χ3v) is 4.99. The van der Waals surface area contributed by atoms with Crippen LogP contribution < -0.4 is 5.73 Å². The number of carbonyl (C=O) groups excluding carboxylic acids is 2. The first kappa shape index (κ1) is 15.7. The fourth-order valence-electron chi connectivity index (χ4n) is 2.60. The highest BCUT2D eigenvalue weighted by Crippen LogP contribution is 2.32. The van der Waals surface area contributed by atoms with Gasteiger partial charge in [-0.1, -0.05) is 12.1 Å². The second-order valence-electron chi connectivity index (χ2n) is 5.53. The zero-order valence-electron chi connectivity index (χ0n) is 12.4. The zero-order valence-corrected chi connectivity index (χ0v) is 13.2. The normalized spacial score (nSPS) is 20.9. The molecular weight excluding hydrogens is 317 g/mol. The molecule has 0 bridgehead atoms. The number of halogens is 1. The summed E-state index contributed by atoms with van der Waals surface area (Å²) in [5, 5.41) is 0.659. The minimum absolute atomic E-state index is 0.0943. The average molecular weight is 333 g/mol. The Morgan fingerprint density at radius 3 is 2.57 bits per heavy atom. The summed E-state index contributed by atoms with van der Waals surface area (Å²) in [6.07, 6.45) is 3.07. The van der Waals surface area contributed by atoms with Crippen LogP contribution in [0.4, 0.5) is 4.39 Å². The molecule has 120 valence electrons. The van der Waals surface area contributed by atoms with E-state index in [0.717, 1.165) is 5.56 Å². The van der Waals surface area contributed by atoms with Gasteiger partial charge in [0.1, 0.15) is 5.82 Å². The summed E-state index contributed by atoms with van der Waals surface area (Å²) in [5.74, 6) is -0.958. The number of nitrogens with zero attached hydrogens (tertiary/aromatic N) is 2. The van der Waals surface area contributed by atoms with E-state index in [1.165, 1.54) is 23.9 Å². The molecule has 1 aromatic rings. The van der Waals surface area contributed by atoms with Crippen molar-refractivity contribution in [1.82, 2.24) is 4.90 Å². The molecule has 7 heteroatoms. The lowest BCUT2D eigenvalue weighted by Crippen LogP contribution is -2.40. The van der Waals surface area contributed by atoms with Gasteiger partial charge in [-0.15, -0.1) is 0 Å². The molecule has 0 spiro atoms. The van der Waals surface area contributed by atoms with Crippen molar-refractivity contribution in [1.29, 1.82) is 0 Å². The molecule has 1 saturated heterocycles. The highest BCUT2D eigenvalue weighted by atomic mass is 32.2. The number of carbonyl (C=O) groups is 2. The molecule has 0 aromatic heterocycles. The van der Waals surface area contributed by atoms with Gasteiger partial charge in [0.2, 0.25) is 5.91 Å². The smallest absolute Gasteiger partial charge is 0.286 e. The Kier molecular flexibility index (Phi) is 4.47. The monoisotopic (exact) mass is 333 g/mol. The molecule has 1 aromatic carbocycles. The summed E-state index contributed by atoms with van der Waals surface area (Å²) in [6, 6.07) is 5.94. The number of amidine groups is 1. The number of piperidine rings is 1. The highest BCUT2D eigenvalue weighted by Gasteiger charge is 2.30. The number of nitrogens with two attached hydrogens (primary N) is 1. The first-order chi connectivity index (χ1) is 11.0. The van der Waals surface area contributed by atoms with E-state index in [4.69, 9.17) is 5.73 Å². The quantitative estimate of drug-likeness (QED) is 0.840. The number of likely N-dealkylation sites (tertiary alicyclic amines) is 1. The van der Waals surface area contributed by atoms with Gasteiger partial charge < -0.3 is 10.6 Å². The molecule has 5 nitrogen and oxygen atoms in total. The minimum atomic E-state index is -0.313. The van der Waals surface area contributed by atoms with Crippen molar-refractivity contribution in [2.24, 2.45) is 16.6 Å². The van der Waals surface area contributed by atoms with E-state index in [2.05, 4.69) is 4.99 Å². The molecule has 2 aliphatic rings. The Morgan fingerprint density at radius 1 is 1.30 bits per heavy atom. The second-order valence-corrected chi connectivity index (χ2v) is 6.53. The van der Waals surface area contributed by atoms with Crippen LogP contribution in [0.1, 0.15) is 18.4 Å². The standard InChI is InChI=1S/C16H16FN3O2S/c17-12-3-1-10(2-4-12)9-13-15(22)19-16(23-13)20-7-5-11(6-8-20)14(18)21/h1-4,9,11H,5-8H2,(H2,18,21)/b13-9-. The lowest BCUT2D eigenvalue weighted by molar-refractivity contribution is -0.123. The molecule has 2 heterocycles. The lowest BCUT2D eigenvalue weighted by atomic mass is 9.97. The summed E-state index contributed by atoms with van der Waals surface area (Å²) in [5.41, 5.74) is 6.08. The van der Waals surface area contributed by atoms with E-state index in [-0.39, 0.29) is 23.5 Å². The minimum Gasteiger partial charge on any atom is -0.369 e. The van der Waals surface area contributed by atoms with Crippen LogP contribution in [0.2, 0.25) is 0 Å². The Labute approximate surface area is 137 Å². The zero-order chi connectivity index (χ0) is 16.4. The van der Waals surface area contributed by atoms with Crippen LogP contribution >= 0.6 is 11.8 Å². The van der Waals surface area contributed by atoms with Gasteiger partial charge in [-0.3, -0.25) is 9.59 Å². The summed E-state index contributed by atoms with van der Waals surface area (Å²) < 4.78 is 12.9. The number of hydrogen-bond acceptors (Lipinski definition) is 4. The largest absolute Gasteiger partial charge is 0.369 e. The van der Waals surface area contributed by atoms with Crippen LogP contribution in [0, 0.1) is 11.7 Å². The first-order valence-corrected chi connectivity index (χ1v) is 8.17. The summed E-state index contributed by atoms with van der Waals surface area (Å²) in [4.78, 5) is 29.8. The Hall–Kier alpha value is -2.15. The fraction of sp³-hybridized carbons (Fsp3) is 0.312. The molecule has 2 aliphatic heterocycles. The van der Waals surface area contributed by atoms with Gasteiger partial charge in [0, 0.05) is 19.0 Å². The predicted octanol–water partition coefficient (Wildman–Crippen LogP) is 1.99. The van der Waals surface area contributed by atoms with Gasteiger partial charge >= 0.3 is 0 Å². The third-order valence-electron chi connectivity index (χ3n) is 3.94. The maximum atomic E-state index is 12.9. The number of aliphatic imine (C=N–C) groups is 1. The molecule has 2 amide bonds. The molecule has 23 heavy (non-hydrogen) atoms. The van der Waals surface area contributed by atoms with Crippen molar-refractivity contribution in [3.05, 3.63) is 40.6 Å². The van der Waals surface area contributed by atoms with Gasteiger partial charge in [0.15, 0.2) is 5.17 Å². The first-order valence-electron chi connectivity index (χ1n) is 7.35. The average Bonchev–Trinajstić information content (AvgIpc) is 2.91. The predicted molar refractivity (Wildman–Crippen MR) is 87.9 cm³/mol. The van der Waals surface area contributed by atoms with Gasteiger partial charge in [-0.25, -0.2) is 4.39 Å². The van der Waals surface area contributed by atoms with E-state index in [1.54, 1.807) is 18.2 Å². The van der Waals surface area contributed by atoms with Crippen molar-refractivity contribution in [2.45, 2.75) is 12.8 Å². The van der Waals surface area contributed by atoms with E-state index in [0.29, 0.717) is 36.0 Å². The van der Waals surface area contributed by atoms with Crippen LogP contribution in [0.3, 0.4) is 0 Å². The third kappa shape index (κ3) is 3.61. The number of amides is 2. The van der Waals surface area contributed by atoms with E-state index < -0.39 is 0 Å². The molecule has 0 radical (unpaired) electrons. The van der Waals surface area contributed by atoms with E-state index >= 15 is 0 Å². The maximum Gasteiger partial charge on any atom is 0.286 e. The highest BCUT2D eigenvalue weighted by molar-refractivity contribution is 8.18. The molecule has 2 N–H and O–H groups in total. The maximum absolute atomic E-state index is 12.9.